The van der Waals surface area contributed by atoms with E-state index in [4.69, 9.17) is 19.9 Å². The normalized spacial score (nSPS) is 13.5. The predicted molar refractivity (Wildman–Crippen MR) is 147 cm³/mol. The number of carbonyl (C=O) groups excluding carboxylic acids is 3. The summed E-state index contributed by atoms with van der Waals surface area (Å²) < 4.78 is 16.8. The van der Waals surface area contributed by atoms with Crippen molar-refractivity contribution in [3.8, 4) is 5.75 Å². The van der Waals surface area contributed by atoms with E-state index in [1.807, 2.05) is 60.7 Å². The van der Waals surface area contributed by atoms with Crippen molar-refractivity contribution >= 4 is 29.2 Å². The smallest absolute Gasteiger partial charge is 0.337 e. The molecule has 0 aromatic heterocycles. The molecule has 8 heteroatoms. The van der Waals surface area contributed by atoms with Crippen LogP contribution in [0.4, 0.5) is 0 Å². The van der Waals surface area contributed by atoms with E-state index in [9.17, 15) is 14.4 Å². The van der Waals surface area contributed by atoms with Gasteiger partial charge in [-0.15, -0.1) is 0 Å². The third-order valence-electron chi connectivity index (χ3n) is 6.08. The number of para-hydroxylation sites is 1. The molecular formula is C31H30N2O6. The number of ether oxygens (including phenoxy) is 3. The van der Waals surface area contributed by atoms with Gasteiger partial charge in [-0.3, -0.25) is 4.79 Å². The van der Waals surface area contributed by atoms with E-state index in [1.54, 1.807) is 38.1 Å². The van der Waals surface area contributed by atoms with Crippen LogP contribution in [-0.4, -0.2) is 37.7 Å². The Bertz CT molecular complexity index is 1340. The number of amides is 1. The molecule has 3 aromatic rings. The lowest BCUT2D eigenvalue weighted by molar-refractivity contribution is -0.139. The second-order valence-electron chi connectivity index (χ2n) is 8.60. The molecular weight excluding hydrogens is 496 g/mol. The number of benzene rings is 3. The van der Waals surface area contributed by atoms with Gasteiger partial charge in [-0.1, -0.05) is 78.9 Å². The number of esters is 2. The minimum absolute atomic E-state index is 0.126. The van der Waals surface area contributed by atoms with Crippen molar-refractivity contribution < 1.29 is 28.6 Å². The Labute approximate surface area is 227 Å². The van der Waals surface area contributed by atoms with Crippen molar-refractivity contribution in [3.05, 3.63) is 113 Å². The second kappa shape index (κ2) is 12.6. The maximum atomic E-state index is 13.7. The zero-order valence-electron chi connectivity index (χ0n) is 21.8. The van der Waals surface area contributed by atoms with Gasteiger partial charge in [0.25, 0.3) is 5.91 Å². The zero-order chi connectivity index (χ0) is 27.8. The minimum atomic E-state index is -0.959. The molecule has 0 fully saturated rings. The van der Waals surface area contributed by atoms with E-state index in [0.717, 1.165) is 11.1 Å². The molecule has 0 radical (unpaired) electrons. The van der Waals surface area contributed by atoms with Crippen molar-refractivity contribution in [3.63, 3.8) is 0 Å². The summed E-state index contributed by atoms with van der Waals surface area (Å²) in [6.45, 7) is 3.30. The Morgan fingerprint density at radius 2 is 1.18 bits per heavy atom. The molecule has 1 aliphatic heterocycles. The van der Waals surface area contributed by atoms with Crippen LogP contribution in [0.15, 0.2) is 96.1 Å². The lowest BCUT2D eigenvalue weighted by Crippen LogP contribution is -2.33. The summed E-state index contributed by atoms with van der Waals surface area (Å²) in [4.78, 5) is 39.0. The zero-order valence-corrected chi connectivity index (χ0v) is 21.8. The van der Waals surface area contributed by atoms with Crippen molar-refractivity contribution in [1.82, 2.24) is 5.32 Å². The van der Waals surface area contributed by atoms with Crippen molar-refractivity contribution in [2.75, 3.05) is 19.8 Å². The van der Waals surface area contributed by atoms with Gasteiger partial charge < -0.3 is 25.3 Å². The average molecular weight is 527 g/mol. The number of nitrogens with two attached hydrogens (primary N) is 1. The third kappa shape index (κ3) is 6.01. The lowest BCUT2D eigenvalue weighted by Gasteiger charge is -2.33. The van der Waals surface area contributed by atoms with Gasteiger partial charge in [-0.25, -0.2) is 9.59 Å². The van der Waals surface area contributed by atoms with Crippen molar-refractivity contribution in [2.24, 2.45) is 5.73 Å². The SMILES string of the molecule is CCOC(=O)C1=C(c2ccccc2)NC(c2ccccc2)=C(C(=O)OCC)C1c1ccccc1OCC(N)=O. The molecule has 0 bridgehead atoms. The number of nitrogens with one attached hydrogen (secondary N) is 1. The predicted octanol–water partition coefficient (Wildman–Crippen LogP) is 4.19. The molecule has 4 rings (SSSR count). The number of primary amides is 1. The average Bonchev–Trinajstić information content (AvgIpc) is 2.96. The van der Waals surface area contributed by atoms with Gasteiger partial charge in [0.2, 0.25) is 0 Å². The summed E-state index contributed by atoms with van der Waals surface area (Å²) in [6, 6.07) is 25.6. The van der Waals surface area contributed by atoms with Gasteiger partial charge in [-0.05, 0) is 31.0 Å². The molecule has 1 heterocycles. The third-order valence-corrected chi connectivity index (χ3v) is 6.08. The van der Waals surface area contributed by atoms with E-state index in [2.05, 4.69) is 5.32 Å². The van der Waals surface area contributed by atoms with Crippen LogP contribution >= 0.6 is 0 Å². The van der Waals surface area contributed by atoms with E-state index in [-0.39, 0.29) is 31.0 Å². The molecule has 3 N–H and O–H groups in total. The molecule has 39 heavy (non-hydrogen) atoms. The Hall–Kier alpha value is -4.85. The summed E-state index contributed by atoms with van der Waals surface area (Å²) in [5.74, 6) is -2.53. The lowest BCUT2D eigenvalue weighted by atomic mass is 9.77. The van der Waals surface area contributed by atoms with Crippen LogP contribution in [0.3, 0.4) is 0 Å². The van der Waals surface area contributed by atoms with Crippen molar-refractivity contribution in [2.45, 2.75) is 19.8 Å². The van der Waals surface area contributed by atoms with Crippen molar-refractivity contribution in [1.29, 1.82) is 0 Å². The minimum Gasteiger partial charge on any atom is -0.483 e. The van der Waals surface area contributed by atoms with Gasteiger partial charge in [-0.2, -0.15) is 0 Å². The fourth-order valence-electron chi connectivity index (χ4n) is 4.53. The molecule has 0 spiro atoms. The fourth-order valence-corrected chi connectivity index (χ4v) is 4.53. The van der Waals surface area contributed by atoms with Crippen LogP contribution < -0.4 is 15.8 Å². The number of hydrogen-bond donors (Lipinski definition) is 2. The van der Waals surface area contributed by atoms with Gasteiger partial charge in [0.15, 0.2) is 6.61 Å². The first kappa shape index (κ1) is 27.2. The molecule has 1 amide bonds. The van der Waals surface area contributed by atoms with E-state index < -0.39 is 23.8 Å². The highest BCUT2D eigenvalue weighted by molar-refractivity contribution is 6.10. The Morgan fingerprint density at radius 3 is 1.64 bits per heavy atom. The molecule has 200 valence electrons. The number of dihydropyridines is 1. The molecule has 0 aliphatic carbocycles. The maximum Gasteiger partial charge on any atom is 0.337 e. The molecule has 0 atom stereocenters. The Kier molecular flexibility index (Phi) is 8.78. The summed E-state index contributed by atoms with van der Waals surface area (Å²) in [5.41, 5.74) is 8.66. The van der Waals surface area contributed by atoms with Crippen LogP contribution in [0.25, 0.3) is 11.4 Å². The quantitative estimate of drug-likeness (QED) is 0.381. The fraction of sp³-hybridized carbons (Fsp3) is 0.194. The molecule has 1 aliphatic rings. The largest absolute Gasteiger partial charge is 0.483 e. The molecule has 8 nitrogen and oxygen atoms in total. The Morgan fingerprint density at radius 1 is 0.718 bits per heavy atom. The van der Waals surface area contributed by atoms with Gasteiger partial charge in [0.1, 0.15) is 5.75 Å². The molecule has 0 saturated heterocycles. The number of carbonyl (C=O) groups is 3. The van der Waals surface area contributed by atoms with E-state index >= 15 is 0 Å². The highest BCUT2D eigenvalue weighted by Crippen LogP contribution is 2.46. The summed E-state index contributed by atoms with van der Waals surface area (Å²) in [5, 5.41) is 3.38. The van der Waals surface area contributed by atoms with Crippen LogP contribution in [-0.2, 0) is 23.9 Å². The van der Waals surface area contributed by atoms with Crippen LogP contribution in [0.5, 0.6) is 5.75 Å². The highest BCUT2D eigenvalue weighted by Gasteiger charge is 2.42. The first-order valence-corrected chi connectivity index (χ1v) is 12.7. The highest BCUT2D eigenvalue weighted by atomic mass is 16.5. The standard InChI is InChI=1S/C31H30N2O6/c1-3-37-30(35)26-25(22-17-11-12-18-23(22)39-19-24(32)34)27(31(36)38-4-2)29(21-15-9-6-10-16-21)33-28(26)20-13-7-5-8-14-20/h5-18,25,33H,3-4,19H2,1-2H3,(H2,32,34). The monoisotopic (exact) mass is 526 g/mol. The maximum absolute atomic E-state index is 13.7. The first-order valence-electron chi connectivity index (χ1n) is 12.7. The second-order valence-corrected chi connectivity index (χ2v) is 8.60. The summed E-state index contributed by atoms with van der Waals surface area (Å²) in [6.07, 6.45) is 0. The first-order chi connectivity index (χ1) is 19.0. The Balaban J connectivity index is 2.09. The number of hydrogen-bond acceptors (Lipinski definition) is 7. The summed E-state index contributed by atoms with van der Waals surface area (Å²) >= 11 is 0. The van der Waals surface area contributed by atoms with Gasteiger partial charge in [0, 0.05) is 5.56 Å². The van der Waals surface area contributed by atoms with Gasteiger partial charge in [0.05, 0.1) is 41.7 Å². The summed E-state index contributed by atoms with van der Waals surface area (Å²) in [7, 11) is 0. The topological polar surface area (TPSA) is 117 Å². The molecule has 0 unspecified atom stereocenters. The number of rotatable bonds is 10. The van der Waals surface area contributed by atoms with Crippen LogP contribution in [0.1, 0.15) is 36.5 Å². The van der Waals surface area contributed by atoms with E-state index in [0.29, 0.717) is 22.7 Å². The van der Waals surface area contributed by atoms with Crippen LogP contribution in [0, 0.1) is 0 Å². The van der Waals surface area contributed by atoms with E-state index in [1.165, 1.54) is 0 Å². The van der Waals surface area contributed by atoms with Crippen LogP contribution in [0.2, 0.25) is 0 Å². The molecule has 3 aromatic carbocycles. The molecule has 0 saturated carbocycles. The van der Waals surface area contributed by atoms with Gasteiger partial charge >= 0.3 is 11.9 Å².